The summed E-state index contributed by atoms with van der Waals surface area (Å²) in [5, 5.41) is 0. The van der Waals surface area contributed by atoms with Crippen LogP contribution in [0.4, 0.5) is 8.78 Å². The van der Waals surface area contributed by atoms with Gasteiger partial charge in [-0.25, -0.2) is 13.8 Å². The minimum Gasteiger partial charge on any atom is -0.483 e. The van der Waals surface area contributed by atoms with E-state index in [1.165, 1.54) is 6.92 Å². The standard InChI is InChI=1S/C16H17F2NO3/c1-9(20)15-11(18)5-10(17)6-12(15)21-8-14-19-7-13(22-14)16(2,3)4/h5-7H,8H2,1-4H3. The fourth-order valence-electron chi connectivity index (χ4n) is 1.87. The molecule has 0 fully saturated rings. The number of benzene rings is 1. The second kappa shape index (κ2) is 5.87. The summed E-state index contributed by atoms with van der Waals surface area (Å²) >= 11 is 0. The Labute approximate surface area is 127 Å². The molecule has 2 aromatic rings. The lowest BCUT2D eigenvalue weighted by molar-refractivity contribution is 0.100. The summed E-state index contributed by atoms with van der Waals surface area (Å²) < 4.78 is 37.8. The second-order valence-corrected chi connectivity index (χ2v) is 5.97. The van der Waals surface area contributed by atoms with E-state index in [1.807, 2.05) is 20.8 Å². The van der Waals surface area contributed by atoms with Gasteiger partial charge in [-0.05, 0) is 6.92 Å². The van der Waals surface area contributed by atoms with Crippen LogP contribution in [0, 0.1) is 11.6 Å². The van der Waals surface area contributed by atoms with E-state index in [4.69, 9.17) is 9.15 Å². The van der Waals surface area contributed by atoms with Crippen LogP contribution in [0.5, 0.6) is 5.75 Å². The first-order chi connectivity index (χ1) is 10.2. The zero-order chi connectivity index (χ0) is 16.5. The van der Waals surface area contributed by atoms with Crippen LogP contribution < -0.4 is 4.74 Å². The molecule has 0 amide bonds. The highest BCUT2D eigenvalue weighted by molar-refractivity contribution is 5.97. The molecule has 0 atom stereocenters. The monoisotopic (exact) mass is 309 g/mol. The number of carbonyl (C=O) groups is 1. The SMILES string of the molecule is CC(=O)c1c(F)cc(F)cc1OCc1ncc(C(C)(C)C)o1. The minimum atomic E-state index is -0.953. The van der Waals surface area contributed by atoms with Gasteiger partial charge in [0.25, 0.3) is 0 Å². The molecule has 0 bridgehead atoms. The van der Waals surface area contributed by atoms with Crippen LogP contribution in [0.25, 0.3) is 0 Å². The molecule has 0 saturated heterocycles. The number of rotatable bonds is 4. The Hall–Kier alpha value is -2.24. The normalized spacial score (nSPS) is 11.5. The van der Waals surface area contributed by atoms with Crippen molar-refractivity contribution in [1.29, 1.82) is 0 Å². The van der Waals surface area contributed by atoms with Crippen LogP contribution in [-0.4, -0.2) is 10.8 Å². The zero-order valence-electron chi connectivity index (χ0n) is 12.9. The highest BCUT2D eigenvalue weighted by Crippen LogP contribution is 2.26. The van der Waals surface area contributed by atoms with Crippen LogP contribution in [0.15, 0.2) is 22.7 Å². The minimum absolute atomic E-state index is 0.126. The fraction of sp³-hybridized carbons (Fsp3) is 0.375. The van der Waals surface area contributed by atoms with Gasteiger partial charge in [0.15, 0.2) is 12.4 Å². The Balaban J connectivity index is 2.21. The van der Waals surface area contributed by atoms with Crippen LogP contribution in [0.1, 0.15) is 49.7 Å². The van der Waals surface area contributed by atoms with Crippen molar-refractivity contribution >= 4 is 5.78 Å². The quantitative estimate of drug-likeness (QED) is 0.800. The lowest BCUT2D eigenvalue weighted by Crippen LogP contribution is -2.09. The van der Waals surface area contributed by atoms with Crippen molar-refractivity contribution in [2.45, 2.75) is 39.7 Å². The van der Waals surface area contributed by atoms with Crippen molar-refractivity contribution in [3.63, 3.8) is 0 Å². The molecule has 0 radical (unpaired) electrons. The second-order valence-electron chi connectivity index (χ2n) is 5.97. The number of hydrogen-bond donors (Lipinski definition) is 0. The maximum atomic E-state index is 13.7. The molecule has 0 saturated carbocycles. The van der Waals surface area contributed by atoms with Gasteiger partial charge in [0.2, 0.25) is 5.89 Å². The van der Waals surface area contributed by atoms with Gasteiger partial charge in [0.05, 0.1) is 11.8 Å². The number of oxazole rings is 1. The third-order valence-electron chi connectivity index (χ3n) is 3.01. The molecule has 2 rings (SSSR count). The molecule has 1 heterocycles. The van der Waals surface area contributed by atoms with E-state index in [1.54, 1.807) is 6.20 Å². The van der Waals surface area contributed by atoms with E-state index >= 15 is 0 Å². The van der Waals surface area contributed by atoms with Crippen molar-refractivity contribution in [3.8, 4) is 5.75 Å². The molecule has 118 valence electrons. The number of halogens is 2. The third-order valence-corrected chi connectivity index (χ3v) is 3.01. The average Bonchev–Trinajstić information content (AvgIpc) is 2.83. The van der Waals surface area contributed by atoms with E-state index in [0.717, 1.165) is 6.07 Å². The van der Waals surface area contributed by atoms with E-state index in [2.05, 4.69) is 4.98 Å². The van der Waals surface area contributed by atoms with Crippen molar-refractivity contribution in [2.75, 3.05) is 0 Å². The van der Waals surface area contributed by atoms with Crippen molar-refractivity contribution in [3.05, 3.63) is 47.2 Å². The molecule has 6 heteroatoms. The molecular weight excluding hydrogens is 292 g/mol. The van der Waals surface area contributed by atoms with Crippen LogP contribution in [0.3, 0.4) is 0 Å². The van der Waals surface area contributed by atoms with Crippen LogP contribution in [0.2, 0.25) is 0 Å². The Morgan fingerprint density at radius 1 is 1.32 bits per heavy atom. The molecule has 0 aliphatic rings. The molecular formula is C16H17F2NO3. The lowest BCUT2D eigenvalue weighted by atomic mass is 9.94. The molecule has 4 nitrogen and oxygen atoms in total. The summed E-state index contributed by atoms with van der Waals surface area (Å²) in [5.74, 6) is -1.55. The van der Waals surface area contributed by atoms with E-state index in [-0.39, 0.29) is 29.2 Å². The number of Topliss-reactive ketones (excluding diaryl/α,β-unsaturated/α-hetero) is 1. The van der Waals surface area contributed by atoms with E-state index in [0.29, 0.717) is 11.8 Å². The first-order valence-electron chi connectivity index (χ1n) is 6.76. The molecule has 1 aromatic heterocycles. The largest absolute Gasteiger partial charge is 0.483 e. The number of carbonyl (C=O) groups excluding carboxylic acids is 1. The maximum absolute atomic E-state index is 13.7. The Morgan fingerprint density at radius 2 is 2.00 bits per heavy atom. The summed E-state index contributed by atoms with van der Waals surface area (Å²) in [6.45, 7) is 6.96. The van der Waals surface area contributed by atoms with Gasteiger partial charge in [-0.2, -0.15) is 0 Å². The number of ketones is 1. The Kier molecular flexibility index (Phi) is 4.30. The Bertz CT molecular complexity index is 702. The van der Waals surface area contributed by atoms with Crippen LogP contribution >= 0.6 is 0 Å². The third kappa shape index (κ3) is 3.50. The average molecular weight is 309 g/mol. The van der Waals surface area contributed by atoms with Crippen molar-refractivity contribution in [1.82, 2.24) is 4.98 Å². The molecule has 0 aliphatic heterocycles. The lowest BCUT2D eigenvalue weighted by Gasteiger charge is -2.13. The smallest absolute Gasteiger partial charge is 0.232 e. The molecule has 0 N–H and O–H groups in total. The molecule has 0 spiro atoms. The van der Waals surface area contributed by atoms with Gasteiger partial charge in [0.1, 0.15) is 23.1 Å². The Morgan fingerprint density at radius 3 is 2.55 bits per heavy atom. The predicted molar refractivity (Wildman–Crippen MR) is 75.9 cm³/mol. The van der Waals surface area contributed by atoms with E-state index < -0.39 is 17.4 Å². The highest BCUT2D eigenvalue weighted by atomic mass is 19.1. The van der Waals surface area contributed by atoms with Gasteiger partial charge < -0.3 is 9.15 Å². The first-order valence-corrected chi connectivity index (χ1v) is 6.76. The number of aromatic nitrogens is 1. The summed E-state index contributed by atoms with van der Waals surface area (Å²) in [4.78, 5) is 15.5. The van der Waals surface area contributed by atoms with Gasteiger partial charge in [-0.15, -0.1) is 0 Å². The number of nitrogens with zero attached hydrogens (tertiary/aromatic N) is 1. The summed E-state index contributed by atoms with van der Waals surface area (Å²) in [6.07, 6.45) is 1.58. The van der Waals surface area contributed by atoms with Crippen molar-refractivity contribution in [2.24, 2.45) is 0 Å². The predicted octanol–water partition coefficient (Wildman–Crippen LogP) is 4.03. The van der Waals surface area contributed by atoms with Gasteiger partial charge in [0, 0.05) is 17.5 Å². The molecule has 22 heavy (non-hydrogen) atoms. The maximum Gasteiger partial charge on any atom is 0.232 e. The molecule has 0 aliphatic carbocycles. The van der Waals surface area contributed by atoms with Gasteiger partial charge in [-0.3, -0.25) is 4.79 Å². The number of hydrogen-bond acceptors (Lipinski definition) is 4. The molecule has 1 aromatic carbocycles. The van der Waals surface area contributed by atoms with E-state index in [9.17, 15) is 13.6 Å². The highest BCUT2D eigenvalue weighted by Gasteiger charge is 2.20. The zero-order valence-corrected chi connectivity index (χ0v) is 12.9. The van der Waals surface area contributed by atoms with Crippen molar-refractivity contribution < 1.29 is 22.7 Å². The number of ether oxygens (including phenoxy) is 1. The summed E-state index contributed by atoms with van der Waals surface area (Å²) in [5.41, 5.74) is -0.496. The molecule has 0 unspecified atom stereocenters. The first kappa shape index (κ1) is 16.1. The van der Waals surface area contributed by atoms with Crippen LogP contribution in [-0.2, 0) is 12.0 Å². The topological polar surface area (TPSA) is 52.3 Å². The summed E-state index contributed by atoms with van der Waals surface area (Å²) in [7, 11) is 0. The van der Waals surface area contributed by atoms with Gasteiger partial charge in [-0.1, -0.05) is 20.8 Å². The summed E-state index contributed by atoms with van der Waals surface area (Å²) in [6, 6.07) is 1.61. The fourth-order valence-corrected chi connectivity index (χ4v) is 1.87. The van der Waals surface area contributed by atoms with Gasteiger partial charge >= 0.3 is 0 Å².